The maximum Gasteiger partial charge on any atom is 0.320 e. The van der Waals surface area contributed by atoms with E-state index in [1.54, 1.807) is 6.33 Å². The van der Waals surface area contributed by atoms with Gasteiger partial charge < -0.3 is 15.4 Å². The van der Waals surface area contributed by atoms with Gasteiger partial charge in [-0.3, -0.25) is 4.79 Å². The van der Waals surface area contributed by atoms with Crippen molar-refractivity contribution in [2.45, 2.75) is 51.6 Å². The Morgan fingerprint density at radius 3 is 2.94 bits per heavy atom. The van der Waals surface area contributed by atoms with Gasteiger partial charge in [-0.05, 0) is 6.42 Å². The SMILES string of the molecule is CCCCCCn1cnc(C[C@H](N)C(=O)O)c1. The molecule has 1 heterocycles. The lowest BCUT2D eigenvalue weighted by Gasteiger charge is -2.03. The summed E-state index contributed by atoms with van der Waals surface area (Å²) >= 11 is 0. The lowest BCUT2D eigenvalue weighted by Crippen LogP contribution is -2.32. The normalized spacial score (nSPS) is 12.6. The quantitative estimate of drug-likeness (QED) is 0.672. The van der Waals surface area contributed by atoms with E-state index in [1.807, 2.05) is 10.8 Å². The molecule has 0 aromatic carbocycles. The average molecular weight is 239 g/mol. The number of nitrogens with two attached hydrogens (primary N) is 1. The van der Waals surface area contributed by atoms with E-state index in [1.165, 1.54) is 19.3 Å². The van der Waals surface area contributed by atoms with Crippen molar-refractivity contribution in [1.29, 1.82) is 0 Å². The molecule has 0 radical (unpaired) electrons. The van der Waals surface area contributed by atoms with Crippen LogP contribution in [0.1, 0.15) is 38.3 Å². The highest BCUT2D eigenvalue weighted by molar-refractivity contribution is 5.73. The molecule has 1 aromatic heterocycles. The molecule has 0 bridgehead atoms. The second-order valence-electron chi connectivity index (χ2n) is 4.31. The Morgan fingerprint density at radius 2 is 2.29 bits per heavy atom. The summed E-state index contributed by atoms with van der Waals surface area (Å²) in [4.78, 5) is 14.8. The molecule has 5 nitrogen and oxygen atoms in total. The molecule has 1 rings (SSSR count). The summed E-state index contributed by atoms with van der Waals surface area (Å²) in [5.41, 5.74) is 6.19. The number of imidazole rings is 1. The summed E-state index contributed by atoms with van der Waals surface area (Å²) in [5, 5.41) is 8.69. The summed E-state index contributed by atoms with van der Waals surface area (Å²) < 4.78 is 2.00. The van der Waals surface area contributed by atoms with Gasteiger partial charge in [-0.1, -0.05) is 26.2 Å². The number of aryl methyl sites for hydroxylation is 1. The van der Waals surface area contributed by atoms with Gasteiger partial charge in [-0.2, -0.15) is 0 Å². The molecule has 0 amide bonds. The molecular formula is C12H21N3O2. The van der Waals surface area contributed by atoms with Gasteiger partial charge >= 0.3 is 5.97 Å². The molecular weight excluding hydrogens is 218 g/mol. The first-order valence-corrected chi connectivity index (χ1v) is 6.12. The number of rotatable bonds is 8. The van der Waals surface area contributed by atoms with Crippen LogP contribution in [-0.4, -0.2) is 26.7 Å². The zero-order valence-electron chi connectivity index (χ0n) is 10.3. The second kappa shape index (κ2) is 7.06. The van der Waals surface area contributed by atoms with Crippen molar-refractivity contribution < 1.29 is 9.90 Å². The first-order chi connectivity index (χ1) is 8.13. The number of hydrogen-bond acceptors (Lipinski definition) is 3. The number of hydrogen-bond donors (Lipinski definition) is 2. The van der Waals surface area contributed by atoms with E-state index in [-0.39, 0.29) is 6.42 Å². The smallest absolute Gasteiger partial charge is 0.320 e. The van der Waals surface area contributed by atoms with E-state index >= 15 is 0 Å². The van der Waals surface area contributed by atoms with Gasteiger partial charge in [0, 0.05) is 19.2 Å². The zero-order valence-corrected chi connectivity index (χ0v) is 10.3. The number of nitrogens with zero attached hydrogens (tertiary/aromatic N) is 2. The third-order valence-electron chi connectivity index (χ3n) is 2.70. The van der Waals surface area contributed by atoms with Crippen LogP contribution in [-0.2, 0) is 17.8 Å². The van der Waals surface area contributed by atoms with Crippen LogP contribution in [0, 0.1) is 0 Å². The van der Waals surface area contributed by atoms with Crippen LogP contribution in [0.15, 0.2) is 12.5 Å². The molecule has 0 spiro atoms. The van der Waals surface area contributed by atoms with Crippen LogP contribution in [0.4, 0.5) is 0 Å². The Bertz CT molecular complexity index is 349. The Balaban J connectivity index is 2.34. The van der Waals surface area contributed by atoms with Crippen molar-refractivity contribution in [3.8, 4) is 0 Å². The molecule has 0 saturated carbocycles. The monoisotopic (exact) mass is 239 g/mol. The molecule has 3 N–H and O–H groups in total. The van der Waals surface area contributed by atoms with E-state index in [0.717, 1.165) is 18.7 Å². The van der Waals surface area contributed by atoms with Crippen LogP contribution in [0.25, 0.3) is 0 Å². The number of carboxylic acid groups (broad SMARTS) is 1. The summed E-state index contributed by atoms with van der Waals surface area (Å²) in [6.45, 7) is 3.12. The molecule has 0 aliphatic heterocycles. The van der Waals surface area contributed by atoms with Crippen molar-refractivity contribution in [1.82, 2.24) is 9.55 Å². The minimum absolute atomic E-state index is 0.289. The lowest BCUT2D eigenvalue weighted by molar-refractivity contribution is -0.138. The molecule has 0 fully saturated rings. The van der Waals surface area contributed by atoms with E-state index in [0.29, 0.717) is 0 Å². The number of carboxylic acids is 1. The van der Waals surface area contributed by atoms with Gasteiger partial charge in [-0.15, -0.1) is 0 Å². The summed E-state index contributed by atoms with van der Waals surface area (Å²) in [5.74, 6) is -0.984. The fraction of sp³-hybridized carbons (Fsp3) is 0.667. The average Bonchev–Trinajstić information content (AvgIpc) is 2.72. The van der Waals surface area contributed by atoms with E-state index in [2.05, 4.69) is 11.9 Å². The summed E-state index contributed by atoms with van der Waals surface area (Å²) in [7, 11) is 0. The first-order valence-electron chi connectivity index (χ1n) is 6.12. The van der Waals surface area contributed by atoms with Crippen molar-refractivity contribution in [2.75, 3.05) is 0 Å². The van der Waals surface area contributed by atoms with E-state index in [4.69, 9.17) is 10.8 Å². The lowest BCUT2D eigenvalue weighted by atomic mass is 10.2. The minimum atomic E-state index is -0.984. The second-order valence-corrected chi connectivity index (χ2v) is 4.31. The predicted octanol–water partition coefficient (Wildman–Crippen LogP) is 1.42. The maximum absolute atomic E-state index is 10.6. The topological polar surface area (TPSA) is 81.1 Å². The molecule has 96 valence electrons. The van der Waals surface area contributed by atoms with Gasteiger partial charge in [0.2, 0.25) is 0 Å². The fourth-order valence-electron chi connectivity index (χ4n) is 1.67. The van der Waals surface area contributed by atoms with Gasteiger partial charge in [0.1, 0.15) is 6.04 Å². The fourth-order valence-corrected chi connectivity index (χ4v) is 1.67. The van der Waals surface area contributed by atoms with Crippen molar-refractivity contribution >= 4 is 5.97 Å². The van der Waals surface area contributed by atoms with Crippen LogP contribution >= 0.6 is 0 Å². The van der Waals surface area contributed by atoms with Gasteiger partial charge in [0.25, 0.3) is 0 Å². The van der Waals surface area contributed by atoms with Crippen LogP contribution < -0.4 is 5.73 Å². The Morgan fingerprint density at radius 1 is 1.53 bits per heavy atom. The predicted molar refractivity (Wildman–Crippen MR) is 65.7 cm³/mol. The van der Waals surface area contributed by atoms with E-state index < -0.39 is 12.0 Å². The van der Waals surface area contributed by atoms with Gasteiger partial charge in [0.05, 0.1) is 12.0 Å². The van der Waals surface area contributed by atoms with Gasteiger partial charge in [0.15, 0.2) is 0 Å². The molecule has 0 aliphatic carbocycles. The Labute approximate surface area is 102 Å². The Kier molecular flexibility index (Phi) is 5.69. The highest BCUT2D eigenvalue weighted by Crippen LogP contribution is 2.04. The van der Waals surface area contributed by atoms with E-state index in [9.17, 15) is 4.79 Å². The molecule has 1 atom stereocenters. The summed E-state index contributed by atoms with van der Waals surface area (Å²) in [6, 6.07) is -0.863. The van der Waals surface area contributed by atoms with Crippen LogP contribution in [0.3, 0.4) is 0 Å². The number of unbranched alkanes of at least 4 members (excludes halogenated alkanes) is 3. The molecule has 0 unspecified atom stereocenters. The molecule has 0 aliphatic rings. The Hall–Kier alpha value is -1.36. The number of aromatic nitrogens is 2. The standard InChI is InChI=1S/C12H21N3O2/c1-2-3-4-5-6-15-8-10(14-9-15)7-11(13)12(16)17/h8-9,11H,2-7,13H2,1H3,(H,16,17)/t11-/m0/s1. The highest BCUT2D eigenvalue weighted by atomic mass is 16.4. The third-order valence-corrected chi connectivity index (χ3v) is 2.70. The number of aliphatic carboxylic acids is 1. The highest BCUT2D eigenvalue weighted by Gasteiger charge is 2.13. The van der Waals surface area contributed by atoms with Crippen LogP contribution in [0.2, 0.25) is 0 Å². The molecule has 0 saturated heterocycles. The third kappa shape index (κ3) is 4.99. The zero-order chi connectivity index (χ0) is 12.7. The van der Waals surface area contributed by atoms with Crippen molar-refractivity contribution in [2.24, 2.45) is 5.73 Å². The first kappa shape index (κ1) is 13.7. The minimum Gasteiger partial charge on any atom is -0.480 e. The summed E-state index contributed by atoms with van der Waals surface area (Å²) in [6.07, 6.45) is 8.75. The molecule has 1 aromatic rings. The molecule has 5 heteroatoms. The van der Waals surface area contributed by atoms with Crippen molar-refractivity contribution in [3.63, 3.8) is 0 Å². The molecule has 17 heavy (non-hydrogen) atoms. The van der Waals surface area contributed by atoms with Crippen molar-refractivity contribution in [3.05, 3.63) is 18.2 Å². The van der Waals surface area contributed by atoms with Gasteiger partial charge in [-0.25, -0.2) is 4.98 Å². The maximum atomic E-state index is 10.6. The largest absolute Gasteiger partial charge is 0.480 e. The van der Waals surface area contributed by atoms with Crippen LogP contribution in [0.5, 0.6) is 0 Å². The number of carbonyl (C=O) groups is 1.